The molecule has 2 aromatic rings. The van der Waals surface area contributed by atoms with Crippen molar-refractivity contribution in [2.45, 2.75) is 6.61 Å². The largest absolute Gasteiger partial charge is 0.485 e. The fraction of sp³-hybridized carbons (Fsp3) is 0.0769. The minimum Gasteiger partial charge on any atom is -0.485 e. The van der Waals surface area contributed by atoms with Gasteiger partial charge in [0.2, 0.25) is 0 Å². The van der Waals surface area contributed by atoms with Crippen molar-refractivity contribution < 1.29 is 9.47 Å². The van der Waals surface area contributed by atoms with Gasteiger partial charge in [0.15, 0.2) is 11.5 Å². The fourth-order valence-corrected chi connectivity index (χ4v) is 1.88. The highest BCUT2D eigenvalue weighted by molar-refractivity contribution is 6.30. The van der Waals surface area contributed by atoms with E-state index in [0.29, 0.717) is 11.6 Å². The molecule has 3 rings (SSSR count). The highest BCUT2D eigenvalue weighted by atomic mass is 35.5. The maximum absolute atomic E-state index is 5.93. The van der Waals surface area contributed by atoms with Crippen LogP contribution in [0.15, 0.2) is 42.5 Å². The Morgan fingerprint density at radius 3 is 2.62 bits per heavy atom. The molecule has 0 radical (unpaired) electrons. The Hall–Kier alpha value is -1.67. The lowest BCUT2D eigenvalue weighted by molar-refractivity contribution is 0.307. The number of hydrogen-bond donors (Lipinski definition) is 0. The predicted octanol–water partition coefficient (Wildman–Crippen LogP) is 4.02. The average molecular weight is 233 g/mol. The molecule has 0 spiro atoms. The second-order valence-corrected chi connectivity index (χ2v) is 4.03. The summed E-state index contributed by atoms with van der Waals surface area (Å²) in [7, 11) is 0. The number of ether oxygens (including phenoxy) is 2. The second-order valence-electron chi connectivity index (χ2n) is 3.59. The van der Waals surface area contributed by atoms with Crippen LogP contribution >= 0.6 is 11.6 Å². The third kappa shape index (κ3) is 1.61. The molecule has 16 heavy (non-hydrogen) atoms. The summed E-state index contributed by atoms with van der Waals surface area (Å²) in [6.07, 6.45) is 0. The van der Waals surface area contributed by atoms with E-state index >= 15 is 0 Å². The summed E-state index contributed by atoms with van der Waals surface area (Å²) in [4.78, 5) is 0. The van der Waals surface area contributed by atoms with E-state index in [9.17, 15) is 0 Å². The Kier molecular flexibility index (Phi) is 2.22. The third-order valence-corrected chi connectivity index (χ3v) is 2.71. The van der Waals surface area contributed by atoms with Crippen molar-refractivity contribution in [1.82, 2.24) is 0 Å². The minimum absolute atomic E-state index is 0.479. The van der Waals surface area contributed by atoms with Gasteiger partial charge in [0.05, 0.1) is 0 Å². The van der Waals surface area contributed by atoms with E-state index in [1.807, 2.05) is 42.5 Å². The molecule has 0 unspecified atom stereocenters. The normalized spacial score (nSPS) is 12.8. The molecule has 0 aliphatic carbocycles. The first-order valence-corrected chi connectivity index (χ1v) is 5.39. The Bertz CT molecular complexity index is 537. The van der Waals surface area contributed by atoms with Gasteiger partial charge in [-0.25, -0.2) is 0 Å². The summed E-state index contributed by atoms with van der Waals surface area (Å²) in [5.74, 6) is 2.30. The monoisotopic (exact) mass is 232 g/mol. The van der Waals surface area contributed by atoms with Crippen LogP contribution in [0.5, 0.6) is 17.2 Å². The van der Waals surface area contributed by atoms with Crippen LogP contribution in [0.2, 0.25) is 5.02 Å². The SMILES string of the molecule is Clc1ccc2c(c1)COc1ccccc1O2. The van der Waals surface area contributed by atoms with Crippen LogP contribution in [-0.2, 0) is 6.61 Å². The zero-order valence-corrected chi connectivity index (χ0v) is 9.20. The fourth-order valence-electron chi connectivity index (χ4n) is 1.69. The number of fused-ring (bicyclic) bond motifs is 2. The van der Waals surface area contributed by atoms with Gasteiger partial charge in [-0.3, -0.25) is 0 Å². The van der Waals surface area contributed by atoms with Crippen LogP contribution in [0.4, 0.5) is 0 Å². The number of benzene rings is 2. The highest BCUT2D eigenvalue weighted by Gasteiger charge is 2.14. The molecule has 0 aromatic heterocycles. The molecule has 2 nitrogen and oxygen atoms in total. The Balaban J connectivity index is 2.08. The van der Waals surface area contributed by atoms with Gasteiger partial charge < -0.3 is 9.47 Å². The molecule has 1 aliphatic heterocycles. The highest BCUT2D eigenvalue weighted by Crippen LogP contribution is 2.37. The van der Waals surface area contributed by atoms with Crippen molar-refractivity contribution >= 4 is 11.6 Å². The first-order valence-electron chi connectivity index (χ1n) is 5.01. The third-order valence-electron chi connectivity index (χ3n) is 2.47. The Labute approximate surface area is 98.4 Å². The molecular formula is C13H9ClO2. The van der Waals surface area contributed by atoms with Crippen molar-refractivity contribution in [1.29, 1.82) is 0 Å². The van der Waals surface area contributed by atoms with E-state index in [1.54, 1.807) is 0 Å². The first kappa shape index (κ1) is 9.55. The number of halogens is 1. The second kappa shape index (κ2) is 3.72. The smallest absolute Gasteiger partial charge is 0.169 e. The zero-order chi connectivity index (χ0) is 11.0. The van der Waals surface area contributed by atoms with Crippen molar-refractivity contribution in [3.8, 4) is 17.2 Å². The summed E-state index contributed by atoms with van der Waals surface area (Å²) in [5.41, 5.74) is 0.962. The summed E-state index contributed by atoms with van der Waals surface area (Å²) in [5, 5.41) is 0.692. The van der Waals surface area contributed by atoms with Crippen molar-refractivity contribution in [2.24, 2.45) is 0 Å². The van der Waals surface area contributed by atoms with Crippen LogP contribution in [0.25, 0.3) is 0 Å². The quantitative estimate of drug-likeness (QED) is 0.683. The molecule has 1 aliphatic rings. The van der Waals surface area contributed by atoms with Crippen molar-refractivity contribution in [3.05, 3.63) is 53.1 Å². The molecule has 1 heterocycles. The molecule has 0 saturated carbocycles. The Morgan fingerprint density at radius 1 is 0.938 bits per heavy atom. The molecule has 2 aromatic carbocycles. The van der Waals surface area contributed by atoms with Crippen LogP contribution in [-0.4, -0.2) is 0 Å². The lowest BCUT2D eigenvalue weighted by atomic mass is 10.2. The predicted molar refractivity (Wildman–Crippen MR) is 62.3 cm³/mol. The van der Waals surface area contributed by atoms with Gasteiger partial charge in [0.1, 0.15) is 12.4 Å². The van der Waals surface area contributed by atoms with E-state index in [0.717, 1.165) is 22.8 Å². The topological polar surface area (TPSA) is 18.5 Å². The summed E-state index contributed by atoms with van der Waals surface area (Å²) < 4.78 is 11.4. The van der Waals surface area contributed by atoms with Crippen molar-refractivity contribution in [3.63, 3.8) is 0 Å². The number of rotatable bonds is 0. The lowest BCUT2D eigenvalue weighted by Crippen LogP contribution is -1.92. The van der Waals surface area contributed by atoms with Crippen LogP contribution in [0.1, 0.15) is 5.56 Å². The van der Waals surface area contributed by atoms with Gasteiger partial charge in [0.25, 0.3) is 0 Å². The number of hydrogen-bond acceptors (Lipinski definition) is 2. The van der Waals surface area contributed by atoms with Crippen molar-refractivity contribution in [2.75, 3.05) is 0 Å². The molecule has 3 heteroatoms. The molecule has 0 saturated heterocycles. The van der Waals surface area contributed by atoms with Crippen LogP contribution in [0, 0.1) is 0 Å². The molecule has 0 N–H and O–H groups in total. The zero-order valence-electron chi connectivity index (χ0n) is 8.44. The minimum atomic E-state index is 0.479. The summed E-state index contributed by atoms with van der Waals surface area (Å²) in [6.45, 7) is 0.479. The van der Waals surface area contributed by atoms with E-state index in [-0.39, 0.29) is 0 Å². The summed E-state index contributed by atoms with van der Waals surface area (Å²) in [6, 6.07) is 13.2. The first-order chi connectivity index (χ1) is 7.83. The summed E-state index contributed by atoms with van der Waals surface area (Å²) >= 11 is 5.93. The van der Waals surface area contributed by atoms with Gasteiger partial charge in [-0.2, -0.15) is 0 Å². The van der Waals surface area contributed by atoms with E-state index in [4.69, 9.17) is 21.1 Å². The molecule has 0 amide bonds. The Morgan fingerprint density at radius 2 is 1.75 bits per heavy atom. The van der Waals surface area contributed by atoms with Crippen LogP contribution in [0.3, 0.4) is 0 Å². The van der Waals surface area contributed by atoms with Gasteiger partial charge in [-0.1, -0.05) is 23.7 Å². The van der Waals surface area contributed by atoms with Gasteiger partial charge in [-0.15, -0.1) is 0 Å². The molecule has 0 bridgehead atoms. The maximum atomic E-state index is 5.93. The van der Waals surface area contributed by atoms with E-state index < -0.39 is 0 Å². The standard InChI is InChI=1S/C13H9ClO2/c14-10-5-6-11-9(7-10)8-15-12-3-1-2-4-13(12)16-11/h1-7H,8H2. The average Bonchev–Trinajstić information content (AvgIpc) is 2.48. The van der Waals surface area contributed by atoms with E-state index in [1.165, 1.54) is 0 Å². The molecule has 80 valence electrons. The van der Waals surface area contributed by atoms with Gasteiger partial charge in [-0.05, 0) is 30.3 Å². The molecule has 0 atom stereocenters. The molecule has 0 fully saturated rings. The van der Waals surface area contributed by atoms with Gasteiger partial charge >= 0.3 is 0 Å². The van der Waals surface area contributed by atoms with Crippen LogP contribution < -0.4 is 9.47 Å². The number of para-hydroxylation sites is 2. The van der Waals surface area contributed by atoms with E-state index in [2.05, 4.69) is 0 Å². The molecular weight excluding hydrogens is 224 g/mol. The van der Waals surface area contributed by atoms with Gasteiger partial charge in [0, 0.05) is 10.6 Å². The lowest BCUT2D eigenvalue weighted by Gasteiger charge is -2.06. The maximum Gasteiger partial charge on any atom is 0.169 e.